The molecule has 0 saturated carbocycles. The number of furan rings is 1. The van der Waals surface area contributed by atoms with Crippen LogP contribution >= 0.6 is 0 Å². The Bertz CT molecular complexity index is 707. The lowest BCUT2D eigenvalue weighted by atomic mass is 9.98. The molecule has 3 rings (SSSR count). The number of rotatable bonds is 4. The quantitative estimate of drug-likeness (QED) is 0.809. The number of hydrogen-bond donors (Lipinski definition) is 0. The Labute approximate surface area is 141 Å². The molecular formula is C19H21NO4. The van der Waals surface area contributed by atoms with Gasteiger partial charge in [-0.25, -0.2) is 4.79 Å². The van der Waals surface area contributed by atoms with Gasteiger partial charge in [0.1, 0.15) is 12.0 Å². The summed E-state index contributed by atoms with van der Waals surface area (Å²) in [6.07, 6.45) is 3.28. The van der Waals surface area contributed by atoms with E-state index >= 15 is 0 Å². The fraction of sp³-hybridized carbons (Fsp3) is 0.368. The van der Waals surface area contributed by atoms with Crippen molar-refractivity contribution in [3.8, 4) is 0 Å². The van der Waals surface area contributed by atoms with Gasteiger partial charge in [0.25, 0.3) is 5.91 Å². The van der Waals surface area contributed by atoms with Gasteiger partial charge in [-0.05, 0) is 38.0 Å². The zero-order valence-corrected chi connectivity index (χ0v) is 13.7. The van der Waals surface area contributed by atoms with Crippen molar-refractivity contribution in [2.45, 2.75) is 19.8 Å². The molecule has 0 radical (unpaired) electrons. The van der Waals surface area contributed by atoms with E-state index in [1.165, 1.54) is 6.26 Å². The molecule has 126 valence electrons. The summed E-state index contributed by atoms with van der Waals surface area (Å²) in [5, 5.41) is 0. The van der Waals surface area contributed by atoms with E-state index in [1.54, 1.807) is 13.0 Å². The van der Waals surface area contributed by atoms with Crippen molar-refractivity contribution in [1.29, 1.82) is 0 Å². The van der Waals surface area contributed by atoms with E-state index in [0.717, 1.165) is 19.4 Å². The average Bonchev–Trinajstić information content (AvgIpc) is 3.06. The predicted octanol–water partition coefficient (Wildman–Crippen LogP) is 3.30. The molecule has 1 amide bonds. The fourth-order valence-corrected chi connectivity index (χ4v) is 2.98. The number of likely N-dealkylation sites (tertiary alicyclic amines) is 1. The van der Waals surface area contributed by atoms with Crippen LogP contribution in [-0.4, -0.2) is 36.5 Å². The highest BCUT2D eigenvalue weighted by Gasteiger charge is 2.25. The molecule has 1 aliphatic rings. The molecule has 0 N–H and O–H groups in total. The van der Waals surface area contributed by atoms with E-state index < -0.39 is 0 Å². The molecule has 0 bridgehead atoms. The molecule has 1 fully saturated rings. The second-order valence-electron chi connectivity index (χ2n) is 6.17. The molecule has 1 atom stereocenters. The second kappa shape index (κ2) is 7.34. The molecule has 1 aromatic heterocycles. The van der Waals surface area contributed by atoms with Crippen LogP contribution < -0.4 is 0 Å². The van der Waals surface area contributed by atoms with E-state index in [0.29, 0.717) is 30.0 Å². The van der Waals surface area contributed by atoms with Gasteiger partial charge in [-0.15, -0.1) is 0 Å². The van der Waals surface area contributed by atoms with Gasteiger partial charge >= 0.3 is 5.97 Å². The van der Waals surface area contributed by atoms with E-state index in [4.69, 9.17) is 9.15 Å². The van der Waals surface area contributed by atoms with Crippen LogP contribution in [0.3, 0.4) is 0 Å². The standard InChI is InChI=1S/C19H21NO4/c1-14-10-17(13-23-14)19(22)24-12-15-6-5-9-20(11-15)18(21)16-7-3-2-4-8-16/h2-4,7-8,10,13,15H,5-6,9,11-12H2,1H3/t15-/m1/s1. The molecule has 0 aliphatic carbocycles. The van der Waals surface area contributed by atoms with Gasteiger partial charge in [-0.3, -0.25) is 4.79 Å². The maximum absolute atomic E-state index is 12.5. The Morgan fingerprint density at radius 3 is 2.75 bits per heavy atom. The summed E-state index contributed by atoms with van der Waals surface area (Å²) in [5.74, 6) is 0.512. The van der Waals surface area contributed by atoms with Crippen LogP contribution in [0.5, 0.6) is 0 Å². The van der Waals surface area contributed by atoms with Gasteiger partial charge < -0.3 is 14.1 Å². The topological polar surface area (TPSA) is 59.8 Å². The normalized spacial score (nSPS) is 17.5. The van der Waals surface area contributed by atoms with Gasteiger partial charge in [0, 0.05) is 24.6 Å². The number of esters is 1. The summed E-state index contributed by atoms with van der Waals surface area (Å²) >= 11 is 0. The molecule has 5 heteroatoms. The SMILES string of the molecule is Cc1cc(C(=O)OC[C@@H]2CCCN(C(=O)c3ccccc3)C2)co1. The Balaban J connectivity index is 1.54. The fourth-order valence-electron chi connectivity index (χ4n) is 2.98. The second-order valence-corrected chi connectivity index (χ2v) is 6.17. The van der Waals surface area contributed by atoms with Crippen molar-refractivity contribution in [1.82, 2.24) is 4.90 Å². The lowest BCUT2D eigenvalue weighted by Crippen LogP contribution is -2.41. The molecule has 0 unspecified atom stereocenters. The number of piperidine rings is 1. The first-order valence-electron chi connectivity index (χ1n) is 8.20. The molecule has 1 aromatic carbocycles. The minimum atomic E-state index is -0.377. The third kappa shape index (κ3) is 3.85. The summed E-state index contributed by atoms with van der Waals surface area (Å²) in [7, 11) is 0. The number of amides is 1. The smallest absolute Gasteiger partial charge is 0.341 e. The summed E-state index contributed by atoms with van der Waals surface area (Å²) in [6.45, 7) is 3.47. The number of nitrogens with zero attached hydrogens (tertiary/aromatic N) is 1. The maximum Gasteiger partial charge on any atom is 0.341 e. The maximum atomic E-state index is 12.5. The molecule has 0 spiro atoms. The number of aryl methyl sites for hydroxylation is 1. The summed E-state index contributed by atoms with van der Waals surface area (Å²) in [6, 6.07) is 10.9. The highest BCUT2D eigenvalue weighted by atomic mass is 16.5. The lowest BCUT2D eigenvalue weighted by Gasteiger charge is -2.32. The van der Waals surface area contributed by atoms with Crippen molar-refractivity contribution in [3.63, 3.8) is 0 Å². The number of carbonyl (C=O) groups is 2. The first-order chi connectivity index (χ1) is 11.6. The Morgan fingerprint density at radius 2 is 2.04 bits per heavy atom. The van der Waals surface area contributed by atoms with E-state index in [9.17, 15) is 9.59 Å². The Kier molecular flexibility index (Phi) is 4.99. The number of hydrogen-bond acceptors (Lipinski definition) is 4. The third-order valence-corrected chi connectivity index (χ3v) is 4.24. The monoisotopic (exact) mass is 327 g/mol. The molecule has 1 aliphatic heterocycles. The van der Waals surface area contributed by atoms with Crippen molar-refractivity contribution in [3.05, 3.63) is 59.5 Å². The molecule has 1 saturated heterocycles. The summed E-state index contributed by atoms with van der Waals surface area (Å²) in [4.78, 5) is 26.3. The lowest BCUT2D eigenvalue weighted by molar-refractivity contribution is 0.0342. The van der Waals surface area contributed by atoms with Crippen LogP contribution in [-0.2, 0) is 4.74 Å². The van der Waals surface area contributed by atoms with Gasteiger partial charge in [-0.2, -0.15) is 0 Å². The summed E-state index contributed by atoms with van der Waals surface area (Å²) in [5.41, 5.74) is 1.13. The third-order valence-electron chi connectivity index (χ3n) is 4.24. The van der Waals surface area contributed by atoms with Crippen LogP contribution in [0, 0.1) is 12.8 Å². The highest BCUT2D eigenvalue weighted by Crippen LogP contribution is 2.19. The van der Waals surface area contributed by atoms with E-state index in [2.05, 4.69) is 0 Å². The number of carbonyl (C=O) groups excluding carboxylic acids is 2. The number of benzene rings is 1. The van der Waals surface area contributed by atoms with Crippen molar-refractivity contribution >= 4 is 11.9 Å². The number of ether oxygens (including phenoxy) is 1. The van der Waals surface area contributed by atoms with Gasteiger partial charge in [0.05, 0.1) is 12.2 Å². The first kappa shape index (κ1) is 16.3. The van der Waals surface area contributed by atoms with Crippen LogP contribution in [0.25, 0.3) is 0 Å². The zero-order valence-electron chi connectivity index (χ0n) is 13.7. The van der Waals surface area contributed by atoms with E-state index in [-0.39, 0.29) is 17.8 Å². The first-order valence-corrected chi connectivity index (χ1v) is 8.20. The van der Waals surface area contributed by atoms with Gasteiger partial charge in [0.15, 0.2) is 0 Å². The molecule has 5 nitrogen and oxygen atoms in total. The summed E-state index contributed by atoms with van der Waals surface area (Å²) < 4.78 is 10.5. The van der Waals surface area contributed by atoms with Gasteiger partial charge in [0.2, 0.25) is 0 Å². The van der Waals surface area contributed by atoms with Crippen LogP contribution in [0.1, 0.15) is 39.3 Å². The average molecular weight is 327 g/mol. The van der Waals surface area contributed by atoms with E-state index in [1.807, 2.05) is 35.2 Å². The van der Waals surface area contributed by atoms with Crippen LogP contribution in [0.2, 0.25) is 0 Å². The van der Waals surface area contributed by atoms with Crippen molar-refractivity contribution < 1.29 is 18.7 Å². The zero-order chi connectivity index (χ0) is 16.9. The molecule has 2 aromatic rings. The predicted molar refractivity (Wildman–Crippen MR) is 88.8 cm³/mol. The van der Waals surface area contributed by atoms with Gasteiger partial charge in [-0.1, -0.05) is 18.2 Å². The molecule has 24 heavy (non-hydrogen) atoms. The molecule has 2 heterocycles. The van der Waals surface area contributed by atoms with Crippen molar-refractivity contribution in [2.24, 2.45) is 5.92 Å². The van der Waals surface area contributed by atoms with Crippen LogP contribution in [0.4, 0.5) is 0 Å². The largest absolute Gasteiger partial charge is 0.469 e. The minimum Gasteiger partial charge on any atom is -0.469 e. The Morgan fingerprint density at radius 1 is 1.25 bits per heavy atom. The minimum absolute atomic E-state index is 0.0390. The Hall–Kier alpha value is -2.56. The van der Waals surface area contributed by atoms with Crippen LogP contribution in [0.15, 0.2) is 47.1 Å². The van der Waals surface area contributed by atoms with Crippen molar-refractivity contribution in [2.75, 3.05) is 19.7 Å². The highest BCUT2D eigenvalue weighted by molar-refractivity contribution is 5.94. The molecular weight excluding hydrogens is 306 g/mol.